The Morgan fingerprint density at radius 3 is 2.85 bits per heavy atom. The zero-order valence-corrected chi connectivity index (χ0v) is 12.2. The molecule has 3 rings (SSSR count). The third-order valence-corrected chi connectivity index (χ3v) is 3.96. The predicted octanol–water partition coefficient (Wildman–Crippen LogP) is 2.13. The van der Waals surface area contributed by atoms with Gasteiger partial charge >= 0.3 is 0 Å². The van der Waals surface area contributed by atoms with Crippen LogP contribution in [-0.2, 0) is 13.5 Å². The molecule has 0 saturated carbocycles. The smallest absolute Gasteiger partial charge is 0.0855 e. The summed E-state index contributed by atoms with van der Waals surface area (Å²) in [6, 6.07) is 11.1. The Labute approximate surface area is 120 Å². The number of anilines is 1. The summed E-state index contributed by atoms with van der Waals surface area (Å²) in [6.45, 7) is 5.22. The zero-order chi connectivity index (χ0) is 13.9. The monoisotopic (exact) mass is 270 g/mol. The summed E-state index contributed by atoms with van der Waals surface area (Å²) in [5, 5.41) is 8.10. The largest absolute Gasteiger partial charge is 0.359 e. The Morgan fingerprint density at radius 1 is 1.30 bits per heavy atom. The third-order valence-electron chi connectivity index (χ3n) is 3.96. The maximum Gasteiger partial charge on any atom is 0.0855 e. The van der Waals surface area contributed by atoms with Gasteiger partial charge in [0.2, 0.25) is 0 Å². The van der Waals surface area contributed by atoms with Crippen LogP contribution < -0.4 is 10.2 Å². The highest BCUT2D eigenvalue weighted by atomic mass is 15.3. The molecule has 1 aromatic carbocycles. The zero-order valence-electron chi connectivity index (χ0n) is 12.2. The van der Waals surface area contributed by atoms with Crippen molar-refractivity contribution in [2.45, 2.75) is 19.4 Å². The van der Waals surface area contributed by atoms with Crippen LogP contribution in [0.1, 0.15) is 24.2 Å². The van der Waals surface area contributed by atoms with Crippen LogP contribution in [0.4, 0.5) is 5.69 Å². The second-order valence-corrected chi connectivity index (χ2v) is 5.31. The van der Waals surface area contributed by atoms with E-state index in [-0.39, 0.29) is 0 Å². The van der Waals surface area contributed by atoms with Crippen molar-refractivity contribution in [3.05, 3.63) is 47.8 Å². The summed E-state index contributed by atoms with van der Waals surface area (Å²) in [6.07, 6.45) is 3.13. The summed E-state index contributed by atoms with van der Waals surface area (Å²) in [5.41, 5.74) is 3.84. The van der Waals surface area contributed by atoms with Crippen LogP contribution in [0.15, 0.2) is 36.5 Å². The van der Waals surface area contributed by atoms with E-state index in [2.05, 4.69) is 58.8 Å². The molecular weight excluding hydrogens is 248 g/mol. The second kappa shape index (κ2) is 5.67. The van der Waals surface area contributed by atoms with Gasteiger partial charge in [-0.1, -0.05) is 37.3 Å². The highest BCUT2D eigenvalue weighted by Crippen LogP contribution is 2.30. The Morgan fingerprint density at radius 2 is 2.10 bits per heavy atom. The van der Waals surface area contributed by atoms with Gasteiger partial charge in [-0.3, -0.25) is 4.68 Å². The summed E-state index contributed by atoms with van der Waals surface area (Å²) >= 11 is 0. The summed E-state index contributed by atoms with van der Waals surface area (Å²) in [7, 11) is 2.00. The maximum absolute atomic E-state index is 4.59. The average molecular weight is 270 g/mol. The van der Waals surface area contributed by atoms with Crippen LogP contribution in [0.5, 0.6) is 0 Å². The van der Waals surface area contributed by atoms with Crippen molar-refractivity contribution in [1.82, 2.24) is 15.1 Å². The van der Waals surface area contributed by atoms with Crippen LogP contribution in [-0.4, -0.2) is 29.4 Å². The van der Waals surface area contributed by atoms with E-state index >= 15 is 0 Å². The number of aryl methyl sites for hydroxylation is 2. The van der Waals surface area contributed by atoms with Gasteiger partial charge in [-0.05, 0) is 12.0 Å². The number of piperazine rings is 1. The fourth-order valence-corrected chi connectivity index (χ4v) is 2.98. The van der Waals surface area contributed by atoms with Gasteiger partial charge in [0.25, 0.3) is 0 Å². The lowest BCUT2D eigenvalue weighted by Gasteiger charge is -2.38. The first-order valence-electron chi connectivity index (χ1n) is 7.34. The highest BCUT2D eigenvalue weighted by Gasteiger charge is 2.26. The van der Waals surface area contributed by atoms with E-state index in [4.69, 9.17) is 0 Å². The molecule has 0 amide bonds. The van der Waals surface area contributed by atoms with E-state index in [1.807, 2.05) is 11.7 Å². The van der Waals surface area contributed by atoms with Gasteiger partial charge in [0.15, 0.2) is 0 Å². The summed E-state index contributed by atoms with van der Waals surface area (Å²) < 4.78 is 1.93. The molecule has 1 saturated heterocycles. The fourth-order valence-electron chi connectivity index (χ4n) is 2.98. The van der Waals surface area contributed by atoms with Crippen molar-refractivity contribution in [3.63, 3.8) is 0 Å². The molecule has 1 atom stereocenters. The van der Waals surface area contributed by atoms with Gasteiger partial charge < -0.3 is 10.2 Å². The number of nitrogens with one attached hydrogen (secondary N) is 1. The number of hydrogen-bond donors (Lipinski definition) is 1. The van der Waals surface area contributed by atoms with Crippen molar-refractivity contribution in [2.75, 3.05) is 24.5 Å². The highest BCUT2D eigenvalue weighted by molar-refractivity contribution is 5.52. The number of rotatable bonds is 3. The molecule has 0 spiro atoms. The van der Waals surface area contributed by atoms with Crippen molar-refractivity contribution >= 4 is 5.69 Å². The molecule has 106 valence electrons. The van der Waals surface area contributed by atoms with Gasteiger partial charge in [0.05, 0.1) is 17.4 Å². The molecule has 1 aliphatic rings. The summed E-state index contributed by atoms with van der Waals surface area (Å²) in [5.74, 6) is 0. The molecule has 0 radical (unpaired) electrons. The number of benzene rings is 1. The molecule has 1 aliphatic heterocycles. The Kier molecular flexibility index (Phi) is 3.74. The van der Waals surface area contributed by atoms with Crippen LogP contribution in [0, 0.1) is 0 Å². The molecule has 2 heterocycles. The molecule has 20 heavy (non-hydrogen) atoms. The van der Waals surface area contributed by atoms with Crippen LogP contribution >= 0.6 is 0 Å². The van der Waals surface area contributed by atoms with Gasteiger partial charge in [-0.15, -0.1) is 0 Å². The van der Waals surface area contributed by atoms with Crippen LogP contribution in [0.2, 0.25) is 0 Å². The molecule has 0 bridgehead atoms. The van der Waals surface area contributed by atoms with E-state index in [1.165, 1.54) is 16.9 Å². The SMILES string of the molecule is CCc1nn(C)cc1N1CCNCC1c1ccccc1. The van der Waals surface area contributed by atoms with Gasteiger partial charge in [0.1, 0.15) is 0 Å². The van der Waals surface area contributed by atoms with Crippen LogP contribution in [0.25, 0.3) is 0 Å². The van der Waals surface area contributed by atoms with E-state index in [0.717, 1.165) is 26.1 Å². The topological polar surface area (TPSA) is 33.1 Å². The lowest BCUT2D eigenvalue weighted by Crippen LogP contribution is -2.46. The summed E-state index contributed by atoms with van der Waals surface area (Å²) in [4.78, 5) is 2.50. The second-order valence-electron chi connectivity index (χ2n) is 5.31. The lowest BCUT2D eigenvalue weighted by molar-refractivity contribution is 0.489. The Balaban J connectivity index is 1.96. The van der Waals surface area contributed by atoms with E-state index < -0.39 is 0 Å². The van der Waals surface area contributed by atoms with Crippen molar-refractivity contribution < 1.29 is 0 Å². The molecule has 1 unspecified atom stereocenters. The van der Waals surface area contributed by atoms with Crippen molar-refractivity contribution in [3.8, 4) is 0 Å². The molecule has 4 nitrogen and oxygen atoms in total. The molecule has 2 aromatic rings. The first-order chi connectivity index (χ1) is 9.79. The minimum atomic E-state index is 0.388. The number of nitrogens with zero attached hydrogens (tertiary/aromatic N) is 3. The molecule has 0 aliphatic carbocycles. The number of hydrogen-bond acceptors (Lipinski definition) is 3. The van der Waals surface area contributed by atoms with Crippen LogP contribution in [0.3, 0.4) is 0 Å². The minimum absolute atomic E-state index is 0.388. The predicted molar refractivity (Wildman–Crippen MR) is 82.0 cm³/mol. The molecule has 1 fully saturated rings. The quantitative estimate of drug-likeness (QED) is 0.927. The van der Waals surface area contributed by atoms with E-state index in [9.17, 15) is 0 Å². The molecule has 1 aromatic heterocycles. The maximum atomic E-state index is 4.59. The standard InChI is InChI=1S/C16H22N4/c1-3-14-16(12-19(2)18-14)20-10-9-17-11-15(20)13-7-5-4-6-8-13/h4-8,12,15,17H,3,9-11H2,1-2H3. The van der Waals surface area contributed by atoms with Crippen molar-refractivity contribution in [2.24, 2.45) is 7.05 Å². The molecule has 4 heteroatoms. The normalized spacial score (nSPS) is 19.3. The number of aromatic nitrogens is 2. The van der Waals surface area contributed by atoms with Gasteiger partial charge in [-0.2, -0.15) is 5.10 Å². The molecule has 1 N–H and O–H groups in total. The molecular formula is C16H22N4. The first-order valence-corrected chi connectivity index (χ1v) is 7.34. The van der Waals surface area contributed by atoms with Gasteiger partial charge in [0, 0.05) is 32.9 Å². The minimum Gasteiger partial charge on any atom is -0.359 e. The van der Waals surface area contributed by atoms with Gasteiger partial charge in [-0.25, -0.2) is 0 Å². The van der Waals surface area contributed by atoms with E-state index in [1.54, 1.807) is 0 Å². The van der Waals surface area contributed by atoms with Crippen molar-refractivity contribution in [1.29, 1.82) is 0 Å². The average Bonchev–Trinajstić information content (AvgIpc) is 2.89. The Hall–Kier alpha value is -1.81. The third kappa shape index (κ3) is 2.43. The van der Waals surface area contributed by atoms with E-state index in [0.29, 0.717) is 6.04 Å². The fraction of sp³-hybridized carbons (Fsp3) is 0.438. The Bertz CT molecular complexity index is 561. The first kappa shape index (κ1) is 13.2. The lowest BCUT2D eigenvalue weighted by atomic mass is 10.0.